The fraction of sp³-hybridized carbons (Fsp3) is 0.650. The molecule has 1 aliphatic rings. The highest BCUT2D eigenvalue weighted by atomic mass is 16.2. The Hall–Kier alpha value is -1.39. The molecule has 1 saturated heterocycles. The van der Waals surface area contributed by atoms with Gasteiger partial charge in [0.1, 0.15) is 0 Å². The first-order valence-electron chi connectivity index (χ1n) is 9.30. The van der Waals surface area contributed by atoms with Crippen LogP contribution in [0.5, 0.6) is 0 Å². The molecule has 1 aromatic carbocycles. The van der Waals surface area contributed by atoms with Gasteiger partial charge >= 0.3 is 0 Å². The highest BCUT2D eigenvalue weighted by molar-refractivity contribution is 5.94. The first-order chi connectivity index (χ1) is 11.5. The van der Waals surface area contributed by atoms with Crippen LogP contribution in [-0.2, 0) is 6.54 Å². The molecule has 1 heterocycles. The fourth-order valence-electron chi connectivity index (χ4n) is 3.56. The van der Waals surface area contributed by atoms with E-state index >= 15 is 0 Å². The zero-order valence-electron chi connectivity index (χ0n) is 15.7. The standard InChI is InChI=1S/C20H33N3O/c1-5-22(15(2)3)14-17-6-8-18(9-7-17)20(24)23-11-10-16(4)12-19(23)13-21/h6-9,15-16,19H,5,10-14,21H2,1-4H3. The van der Waals surface area contributed by atoms with Gasteiger partial charge in [0.25, 0.3) is 5.91 Å². The average molecular weight is 332 g/mol. The molecule has 1 fully saturated rings. The van der Waals surface area contributed by atoms with E-state index in [1.54, 1.807) is 0 Å². The van der Waals surface area contributed by atoms with E-state index in [0.29, 0.717) is 18.5 Å². The summed E-state index contributed by atoms with van der Waals surface area (Å²) in [5.41, 5.74) is 7.93. The first-order valence-corrected chi connectivity index (χ1v) is 9.30. The van der Waals surface area contributed by atoms with Crippen LogP contribution in [-0.4, -0.2) is 47.4 Å². The number of carbonyl (C=O) groups is 1. The molecule has 2 atom stereocenters. The van der Waals surface area contributed by atoms with Crippen LogP contribution < -0.4 is 5.73 Å². The molecular weight excluding hydrogens is 298 g/mol. The van der Waals surface area contributed by atoms with Gasteiger partial charge in [0.05, 0.1) is 0 Å². The maximum Gasteiger partial charge on any atom is 0.254 e. The number of nitrogens with zero attached hydrogens (tertiary/aromatic N) is 2. The number of benzene rings is 1. The van der Waals surface area contributed by atoms with Crippen molar-refractivity contribution in [3.63, 3.8) is 0 Å². The van der Waals surface area contributed by atoms with Crippen molar-refractivity contribution in [1.82, 2.24) is 9.80 Å². The third-order valence-electron chi connectivity index (χ3n) is 5.23. The lowest BCUT2D eigenvalue weighted by Gasteiger charge is -2.38. The van der Waals surface area contributed by atoms with Gasteiger partial charge in [-0.3, -0.25) is 9.69 Å². The van der Waals surface area contributed by atoms with E-state index in [1.165, 1.54) is 5.56 Å². The quantitative estimate of drug-likeness (QED) is 0.871. The molecule has 1 amide bonds. The van der Waals surface area contributed by atoms with Gasteiger partial charge in [0.15, 0.2) is 0 Å². The molecule has 0 aromatic heterocycles. The van der Waals surface area contributed by atoms with Crippen molar-refractivity contribution in [2.75, 3.05) is 19.6 Å². The van der Waals surface area contributed by atoms with Crippen molar-refractivity contribution in [2.45, 2.75) is 59.2 Å². The molecular formula is C20H33N3O. The third-order valence-corrected chi connectivity index (χ3v) is 5.23. The zero-order valence-corrected chi connectivity index (χ0v) is 15.7. The van der Waals surface area contributed by atoms with Crippen molar-refractivity contribution < 1.29 is 4.79 Å². The highest BCUT2D eigenvalue weighted by Crippen LogP contribution is 2.24. The lowest BCUT2D eigenvalue weighted by Crippen LogP contribution is -2.49. The van der Waals surface area contributed by atoms with Crippen LogP contribution in [0.15, 0.2) is 24.3 Å². The van der Waals surface area contributed by atoms with E-state index in [9.17, 15) is 4.79 Å². The van der Waals surface area contributed by atoms with E-state index in [0.717, 1.165) is 38.0 Å². The normalized spacial score (nSPS) is 21.5. The molecule has 2 unspecified atom stereocenters. The lowest BCUT2D eigenvalue weighted by atomic mass is 9.92. The number of hydrogen-bond acceptors (Lipinski definition) is 3. The topological polar surface area (TPSA) is 49.6 Å². The van der Waals surface area contributed by atoms with Gasteiger partial charge in [-0.15, -0.1) is 0 Å². The predicted molar refractivity (Wildman–Crippen MR) is 99.9 cm³/mol. The molecule has 0 spiro atoms. The molecule has 0 bridgehead atoms. The molecule has 1 aromatic rings. The number of nitrogens with two attached hydrogens (primary N) is 1. The van der Waals surface area contributed by atoms with E-state index in [2.05, 4.69) is 44.7 Å². The Morgan fingerprint density at radius 1 is 1.33 bits per heavy atom. The van der Waals surface area contributed by atoms with Gasteiger partial charge < -0.3 is 10.6 Å². The summed E-state index contributed by atoms with van der Waals surface area (Å²) < 4.78 is 0. The summed E-state index contributed by atoms with van der Waals surface area (Å²) in [6.45, 7) is 12.2. The Morgan fingerprint density at radius 3 is 2.54 bits per heavy atom. The zero-order chi connectivity index (χ0) is 17.7. The van der Waals surface area contributed by atoms with Crippen molar-refractivity contribution >= 4 is 5.91 Å². The molecule has 0 saturated carbocycles. The number of rotatable bonds is 6. The maximum absolute atomic E-state index is 12.8. The number of hydrogen-bond donors (Lipinski definition) is 1. The Morgan fingerprint density at radius 2 is 2.00 bits per heavy atom. The van der Waals surface area contributed by atoms with Crippen molar-refractivity contribution in [3.8, 4) is 0 Å². The Kier molecular flexibility index (Phi) is 6.81. The second kappa shape index (κ2) is 8.63. The van der Waals surface area contributed by atoms with E-state index in [1.807, 2.05) is 17.0 Å². The van der Waals surface area contributed by atoms with Gasteiger partial charge in [-0.2, -0.15) is 0 Å². The number of piperidine rings is 1. The van der Waals surface area contributed by atoms with Gasteiger partial charge in [-0.05, 0) is 56.8 Å². The van der Waals surface area contributed by atoms with Crippen LogP contribution in [0.2, 0.25) is 0 Å². The average Bonchev–Trinajstić information content (AvgIpc) is 2.59. The van der Waals surface area contributed by atoms with Crippen LogP contribution in [0, 0.1) is 5.92 Å². The number of likely N-dealkylation sites (tertiary alicyclic amines) is 1. The molecule has 134 valence electrons. The number of amides is 1. The molecule has 4 nitrogen and oxygen atoms in total. The Bertz CT molecular complexity index is 526. The first kappa shape index (κ1) is 18.9. The molecule has 1 aliphatic heterocycles. The van der Waals surface area contributed by atoms with Crippen LogP contribution >= 0.6 is 0 Å². The third kappa shape index (κ3) is 4.58. The molecule has 24 heavy (non-hydrogen) atoms. The maximum atomic E-state index is 12.8. The molecule has 4 heteroatoms. The summed E-state index contributed by atoms with van der Waals surface area (Å²) in [7, 11) is 0. The van der Waals surface area contributed by atoms with Gasteiger partial charge in [0.2, 0.25) is 0 Å². The van der Waals surface area contributed by atoms with Crippen LogP contribution in [0.4, 0.5) is 0 Å². The van der Waals surface area contributed by atoms with Crippen LogP contribution in [0.3, 0.4) is 0 Å². The highest BCUT2D eigenvalue weighted by Gasteiger charge is 2.29. The van der Waals surface area contributed by atoms with E-state index < -0.39 is 0 Å². The Balaban J connectivity index is 2.05. The summed E-state index contributed by atoms with van der Waals surface area (Å²) in [5, 5.41) is 0. The van der Waals surface area contributed by atoms with Gasteiger partial charge in [0, 0.05) is 37.3 Å². The lowest BCUT2D eigenvalue weighted by molar-refractivity contribution is 0.0573. The summed E-state index contributed by atoms with van der Waals surface area (Å²) in [5.74, 6) is 0.779. The summed E-state index contributed by atoms with van der Waals surface area (Å²) in [4.78, 5) is 17.2. The summed E-state index contributed by atoms with van der Waals surface area (Å²) in [6.07, 6.45) is 2.08. The largest absolute Gasteiger partial charge is 0.334 e. The fourth-order valence-corrected chi connectivity index (χ4v) is 3.56. The van der Waals surface area contributed by atoms with Gasteiger partial charge in [-0.25, -0.2) is 0 Å². The monoisotopic (exact) mass is 331 g/mol. The van der Waals surface area contributed by atoms with E-state index in [4.69, 9.17) is 5.73 Å². The number of carbonyl (C=O) groups excluding carboxylic acids is 1. The molecule has 2 N–H and O–H groups in total. The second-order valence-corrected chi connectivity index (χ2v) is 7.37. The van der Waals surface area contributed by atoms with E-state index in [-0.39, 0.29) is 11.9 Å². The summed E-state index contributed by atoms with van der Waals surface area (Å²) >= 11 is 0. The summed E-state index contributed by atoms with van der Waals surface area (Å²) in [6, 6.07) is 8.81. The minimum atomic E-state index is 0.125. The van der Waals surface area contributed by atoms with Crippen LogP contribution in [0.25, 0.3) is 0 Å². The predicted octanol–water partition coefficient (Wildman–Crippen LogP) is 3.12. The minimum absolute atomic E-state index is 0.125. The molecule has 0 radical (unpaired) electrons. The van der Waals surface area contributed by atoms with Crippen molar-refractivity contribution in [3.05, 3.63) is 35.4 Å². The van der Waals surface area contributed by atoms with Crippen LogP contribution in [0.1, 0.15) is 56.5 Å². The van der Waals surface area contributed by atoms with Crippen molar-refractivity contribution in [1.29, 1.82) is 0 Å². The second-order valence-electron chi connectivity index (χ2n) is 7.37. The minimum Gasteiger partial charge on any atom is -0.334 e. The van der Waals surface area contributed by atoms with Crippen molar-refractivity contribution in [2.24, 2.45) is 11.7 Å². The molecule has 0 aliphatic carbocycles. The molecule has 2 rings (SSSR count). The van der Waals surface area contributed by atoms with Gasteiger partial charge in [-0.1, -0.05) is 26.0 Å². The Labute approximate surface area is 147 Å². The smallest absolute Gasteiger partial charge is 0.254 e. The SMILES string of the molecule is CCN(Cc1ccc(C(=O)N2CCC(C)CC2CN)cc1)C(C)C.